The summed E-state index contributed by atoms with van der Waals surface area (Å²) in [5, 5.41) is 0.231. The fraction of sp³-hybridized carbons (Fsp3) is 0.625. The molecule has 0 amide bonds. The Morgan fingerprint density at radius 1 is 1.20 bits per heavy atom. The van der Waals surface area contributed by atoms with E-state index in [4.69, 9.17) is 16.3 Å². The largest absolute Gasteiger partial charge is 0.490 e. The molecule has 1 aromatic rings. The monoisotopic (exact) mass is 360 g/mol. The molecule has 2 unspecified atom stereocenters. The molecule has 0 bridgehead atoms. The molecule has 4 heteroatoms. The number of halogens is 3. The molecule has 0 heterocycles. The molecule has 0 radical (unpaired) electrons. The Bertz CT molecular complexity index is 485. The topological polar surface area (TPSA) is 9.23 Å². The van der Waals surface area contributed by atoms with Crippen molar-refractivity contribution in [3.8, 4) is 5.75 Å². The van der Waals surface area contributed by atoms with Gasteiger partial charge >= 0.3 is 0 Å². The van der Waals surface area contributed by atoms with Crippen LogP contribution in [0, 0.1) is 11.2 Å². The van der Waals surface area contributed by atoms with Gasteiger partial charge in [-0.25, -0.2) is 4.39 Å². The Kier molecular flexibility index (Phi) is 4.28. The van der Waals surface area contributed by atoms with Crippen molar-refractivity contribution in [2.24, 2.45) is 5.41 Å². The molecular formula is C16H19BrClFO. The van der Waals surface area contributed by atoms with Gasteiger partial charge in [-0.15, -0.1) is 11.6 Å². The van der Waals surface area contributed by atoms with Crippen LogP contribution in [0.4, 0.5) is 4.39 Å². The van der Waals surface area contributed by atoms with Gasteiger partial charge in [-0.3, -0.25) is 0 Å². The highest BCUT2D eigenvalue weighted by molar-refractivity contribution is 9.10. The van der Waals surface area contributed by atoms with Crippen LogP contribution in [-0.2, 0) is 0 Å². The molecule has 1 aromatic carbocycles. The summed E-state index contributed by atoms with van der Waals surface area (Å²) in [6, 6.07) is 4.85. The summed E-state index contributed by atoms with van der Waals surface area (Å²) < 4.78 is 19.8. The molecule has 1 nitrogen and oxygen atoms in total. The van der Waals surface area contributed by atoms with Gasteiger partial charge in [-0.2, -0.15) is 0 Å². The molecule has 1 spiro atoms. The van der Waals surface area contributed by atoms with Gasteiger partial charge in [0.15, 0.2) is 0 Å². The maximum Gasteiger partial charge on any atom is 0.137 e. The van der Waals surface area contributed by atoms with Crippen molar-refractivity contribution in [3.63, 3.8) is 0 Å². The van der Waals surface area contributed by atoms with Crippen LogP contribution in [0.25, 0.3) is 0 Å². The third-order valence-electron chi connectivity index (χ3n) is 4.89. The Labute approximate surface area is 133 Å². The maximum absolute atomic E-state index is 13.3. The van der Waals surface area contributed by atoms with Crippen LogP contribution < -0.4 is 4.74 Å². The fourth-order valence-corrected chi connectivity index (χ4v) is 4.48. The van der Waals surface area contributed by atoms with Gasteiger partial charge in [0.05, 0.1) is 4.47 Å². The quantitative estimate of drug-likeness (QED) is 0.615. The first-order valence-electron chi connectivity index (χ1n) is 7.37. The van der Waals surface area contributed by atoms with Crippen molar-refractivity contribution >= 4 is 27.5 Å². The van der Waals surface area contributed by atoms with E-state index in [-0.39, 0.29) is 22.7 Å². The lowest BCUT2D eigenvalue weighted by Crippen LogP contribution is -2.57. The fourth-order valence-electron chi connectivity index (χ4n) is 3.60. The van der Waals surface area contributed by atoms with Gasteiger partial charge in [-0.1, -0.05) is 25.7 Å². The van der Waals surface area contributed by atoms with Crippen molar-refractivity contribution in [3.05, 3.63) is 28.5 Å². The van der Waals surface area contributed by atoms with Gasteiger partial charge in [0, 0.05) is 17.2 Å². The first kappa shape index (κ1) is 14.6. The van der Waals surface area contributed by atoms with Gasteiger partial charge in [-0.05, 0) is 47.0 Å². The molecule has 0 aliphatic heterocycles. The van der Waals surface area contributed by atoms with Crippen molar-refractivity contribution in [1.82, 2.24) is 0 Å². The summed E-state index contributed by atoms with van der Waals surface area (Å²) in [6.45, 7) is 0. The van der Waals surface area contributed by atoms with Crippen LogP contribution in [0.3, 0.4) is 0 Å². The number of ether oxygens (including phenoxy) is 1. The van der Waals surface area contributed by atoms with Crippen LogP contribution >= 0.6 is 27.5 Å². The van der Waals surface area contributed by atoms with Crippen LogP contribution in [0.2, 0.25) is 0 Å². The maximum atomic E-state index is 13.3. The molecule has 0 N–H and O–H groups in total. The minimum absolute atomic E-state index is 0.138. The zero-order chi connectivity index (χ0) is 14.2. The minimum Gasteiger partial charge on any atom is -0.490 e. The predicted octanol–water partition coefficient (Wildman–Crippen LogP) is 5.69. The Hall–Kier alpha value is -0.280. The van der Waals surface area contributed by atoms with E-state index < -0.39 is 0 Å². The molecule has 20 heavy (non-hydrogen) atoms. The summed E-state index contributed by atoms with van der Waals surface area (Å²) >= 11 is 9.73. The smallest absolute Gasteiger partial charge is 0.137 e. The molecule has 2 atom stereocenters. The first-order valence-corrected chi connectivity index (χ1v) is 8.60. The summed E-state index contributed by atoms with van der Waals surface area (Å²) in [6.07, 6.45) is 8.51. The lowest BCUT2D eigenvalue weighted by atomic mass is 9.61. The highest BCUT2D eigenvalue weighted by atomic mass is 79.9. The van der Waals surface area contributed by atoms with Gasteiger partial charge in [0.1, 0.15) is 17.7 Å². The van der Waals surface area contributed by atoms with E-state index >= 15 is 0 Å². The zero-order valence-electron chi connectivity index (χ0n) is 11.4. The molecule has 3 rings (SSSR count). The van der Waals surface area contributed by atoms with Gasteiger partial charge < -0.3 is 4.74 Å². The zero-order valence-corrected chi connectivity index (χ0v) is 13.7. The van der Waals surface area contributed by atoms with Crippen LogP contribution in [0.1, 0.15) is 44.9 Å². The number of hydrogen-bond donors (Lipinski definition) is 0. The van der Waals surface area contributed by atoms with E-state index in [9.17, 15) is 4.39 Å². The van der Waals surface area contributed by atoms with Crippen LogP contribution in [0.15, 0.2) is 22.7 Å². The van der Waals surface area contributed by atoms with Crippen molar-refractivity contribution in [2.75, 3.05) is 0 Å². The normalized spacial score (nSPS) is 28.8. The number of benzene rings is 1. The third-order valence-corrected chi connectivity index (χ3v) is 6.11. The molecule has 2 fully saturated rings. The number of alkyl halides is 1. The Balaban J connectivity index is 1.75. The average Bonchev–Trinajstić information content (AvgIpc) is 2.70. The van der Waals surface area contributed by atoms with E-state index in [1.807, 2.05) is 0 Å². The molecular weight excluding hydrogens is 343 g/mol. The summed E-state index contributed by atoms with van der Waals surface area (Å²) in [5.74, 6) is 0.473. The highest BCUT2D eigenvalue weighted by Crippen LogP contribution is 2.55. The van der Waals surface area contributed by atoms with Gasteiger partial charge in [0.25, 0.3) is 0 Å². The van der Waals surface area contributed by atoms with E-state index in [2.05, 4.69) is 15.9 Å². The van der Waals surface area contributed by atoms with E-state index in [0.29, 0.717) is 4.47 Å². The third kappa shape index (κ3) is 2.59. The van der Waals surface area contributed by atoms with Gasteiger partial charge in [0.2, 0.25) is 0 Å². The molecule has 0 aromatic heterocycles. The minimum atomic E-state index is -0.259. The number of rotatable bonds is 2. The van der Waals surface area contributed by atoms with Crippen molar-refractivity contribution in [1.29, 1.82) is 0 Å². The first-order chi connectivity index (χ1) is 9.62. The molecule has 2 saturated carbocycles. The Morgan fingerprint density at radius 2 is 1.90 bits per heavy atom. The second-order valence-electron chi connectivity index (χ2n) is 6.03. The number of hydrogen-bond acceptors (Lipinski definition) is 1. The second kappa shape index (κ2) is 5.84. The SMILES string of the molecule is Fc1ccc(OC2CC(Cl)C23CCCCCC3)cc1Br. The van der Waals surface area contributed by atoms with E-state index in [1.54, 1.807) is 12.1 Å². The van der Waals surface area contributed by atoms with E-state index in [1.165, 1.54) is 31.7 Å². The predicted molar refractivity (Wildman–Crippen MR) is 82.9 cm³/mol. The van der Waals surface area contributed by atoms with Crippen LogP contribution in [-0.4, -0.2) is 11.5 Å². The average molecular weight is 362 g/mol. The molecule has 2 aliphatic rings. The summed E-state index contributed by atoms with van der Waals surface area (Å²) in [4.78, 5) is 0. The van der Waals surface area contributed by atoms with Crippen molar-refractivity contribution < 1.29 is 9.13 Å². The Morgan fingerprint density at radius 3 is 2.50 bits per heavy atom. The molecule has 110 valence electrons. The standard InChI is InChI=1S/C16H19BrClFO/c17-12-9-11(5-6-13(12)19)20-15-10-14(18)16(15)7-3-1-2-4-8-16/h5-6,9,14-15H,1-4,7-8,10H2. The summed E-state index contributed by atoms with van der Waals surface area (Å²) in [7, 11) is 0. The van der Waals surface area contributed by atoms with E-state index in [0.717, 1.165) is 25.0 Å². The second-order valence-corrected chi connectivity index (χ2v) is 7.41. The molecule has 2 aliphatic carbocycles. The lowest BCUT2D eigenvalue weighted by molar-refractivity contribution is -0.0513. The highest BCUT2D eigenvalue weighted by Gasteiger charge is 2.55. The van der Waals surface area contributed by atoms with Crippen LogP contribution in [0.5, 0.6) is 5.75 Å². The lowest BCUT2D eigenvalue weighted by Gasteiger charge is -2.53. The molecule has 0 saturated heterocycles. The van der Waals surface area contributed by atoms with Crippen molar-refractivity contribution in [2.45, 2.75) is 56.4 Å². The summed E-state index contributed by atoms with van der Waals surface area (Å²) in [5.41, 5.74) is 0.138.